The number of sulfone groups is 1. The van der Waals surface area contributed by atoms with E-state index in [1.54, 1.807) is 23.1 Å². The van der Waals surface area contributed by atoms with Crippen molar-refractivity contribution >= 4 is 37.3 Å². The molecular weight excluding hydrogens is 557 g/mol. The van der Waals surface area contributed by atoms with E-state index in [0.717, 1.165) is 24.8 Å². The Bertz CT molecular complexity index is 1720. The van der Waals surface area contributed by atoms with Gasteiger partial charge in [0.15, 0.2) is 15.7 Å². The van der Waals surface area contributed by atoms with Crippen LogP contribution in [0.5, 0.6) is 0 Å². The number of sulfonamides is 1. The number of amidine groups is 1. The predicted octanol–water partition coefficient (Wildman–Crippen LogP) is 3.86. The monoisotopic (exact) mass is 585 g/mol. The number of amides is 1. The molecule has 3 heterocycles. The summed E-state index contributed by atoms with van der Waals surface area (Å²) in [5.74, 6) is -1.20. The van der Waals surface area contributed by atoms with Crippen LogP contribution in [0.25, 0.3) is 0 Å². The molecule has 210 valence electrons. The fraction of sp³-hybridized carbons (Fsp3) is 0.429. The molecule has 2 N–H and O–H groups in total. The van der Waals surface area contributed by atoms with E-state index < -0.39 is 31.0 Å². The molecule has 3 unspecified atom stereocenters. The van der Waals surface area contributed by atoms with Gasteiger partial charge in [0.25, 0.3) is 15.9 Å². The molecular formula is C28H28FN3O6S2. The summed E-state index contributed by atoms with van der Waals surface area (Å²) in [7, 11) is -7.67. The van der Waals surface area contributed by atoms with Gasteiger partial charge in [-0.05, 0) is 79.3 Å². The summed E-state index contributed by atoms with van der Waals surface area (Å²) in [6.07, 6.45) is 3.67. The van der Waals surface area contributed by atoms with Crippen LogP contribution in [0.15, 0.2) is 63.1 Å². The molecule has 0 aromatic heterocycles. The van der Waals surface area contributed by atoms with E-state index in [1.165, 1.54) is 24.3 Å². The zero-order chi connectivity index (χ0) is 28.0. The molecule has 0 spiro atoms. The third-order valence-corrected chi connectivity index (χ3v) is 12.8. The molecule has 1 saturated heterocycles. The average molecular weight is 586 g/mol. The van der Waals surface area contributed by atoms with Gasteiger partial charge in [0.05, 0.1) is 16.7 Å². The minimum atomic E-state index is -4.32. The van der Waals surface area contributed by atoms with Crippen LogP contribution in [0.1, 0.15) is 48.5 Å². The number of aliphatic hydroxyl groups excluding tert-OH is 1. The number of hydrogen-bond donors (Lipinski definition) is 2. The van der Waals surface area contributed by atoms with Crippen LogP contribution in [0.4, 0.5) is 10.1 Å². The van der Waals surface area contributed by atoms with E-state index >= 15 is 0 Å². The third kappa shape index (κ3) is 3.90. The Morgan fingerprint density at radius 2 is 1.77 bits per heavy atom. The van der Waals surface area contributed by atoms with E-state index in [0.29, 0.717) is 18.4 Å². The minimum Gasteiger partial charge on any atom is -0.511 e. The Hall–Kier alpha value is -3.25. The molecule has 2 aromatic carbocycles. The van der Waals surface area contributed by atoms with E-state index in [1.807, 2.05) is 0 Å². The number of halogens is 1. The molecule has 5 aliphatic rings. The molecule has 40 heavy (non-hydrogen) atoms. The maximum absolute atomic E-state index is 14.0. The summed E-state index contributed by atoms with van der Waals surface area (Å²) >= 11 is 0. The molecule has 5 atom stereocenters. The Kier molecular flexibility index (Phi) is 5.70. The summed E-state index contributed by atoms with van der Waals surface area (Å²) in [5, 5.41) is 13.6. The highest BCUT2D eigenvalue weighted by molar-refractivity contribution is 7.92. The zero-order valence-electron chi connectivity index (χ0n) is 21.5. The molecule has 12 heteroatoms. The van der Waals surface area contributed by atoms with Crippen molar-refractivity contribution in [2.24, 2.45) is 22.2 Å². The quantitative estimate of drug-likeness (QED) is 0.557. The first-order valence-electron chi connectivity index (χ1n) is 13.5. The van der Waals surface area contributed by atoms with E-state index in [9.17, 15) is 31.1 Å². The number of anilines is 1. The van der Waals surface area contributed by atoms with Gasteiger partial charge in [-0.3, -0.25) is 4.79 Å². The maximum Gasteiger partial charge on any atom is 0.286 e. The van der Waals surface area contributed by atoms with Crippen molar-refractivity contribution in [2.75, 3.05) is 11.1 Å². The number of nitrogens with one attached hydrogen (secondary N) is 1. The van der Waals surface area contributed by atoms with Crippen LogP contribution in [0, 0.1) is 23.6 Å². The molecule has 1 amide bonds. The summed E-state index contributed by atoms with van der Waals surface area (Å²) in [4.78, 5) is 15.5. The van der Waals surface area contributed by atoms with Crippen LogP contribution in [-0.4, -0.2) is 50.4 Å². The Morgan fingerprint density at radius 1 is 1.02 bits per heavy atom. The molecule has 9 nitrogen and oxygen atoms in total. The summed E-state index contributed by atoms with van der Waals surface area (Å²) in [6, 6.07) is 10.1. The highest BCUT2D eigenvalue weighted by Gasteiger charge is 2.57. The normalized spacial score (nSPS) is 31.5. The fourth-order valence-corrected chi connectivity index (χ4v) is 10.6. The van der Waals surface area contributed by atoms with Crippen LogP contribution in [0.2, 0.25) is 0 Å². The number of fused-ring (bicyclic) bond motifs is 6. The van der Waals surface area contributed by atoms with Crippen LogP contribution in [-0.2, 0) is 31.2 Å². The Morgan fingerprint density at radius 3 is 2.50 bits per heavy atom. The first-order valence-corrected chi connectivity index (χ1v) is 16.7. The summed E-state index contributed by atoms with van der Waals surface area (Å²) in [6.45, 7) is 0.191. The first-order chi connectivity index (χ1) is 19.0. The van der Waals surface area contributed by atoms with Gasteiger partial charge >= 0.3 is 0 Å². The number of carbonyl (C=O) groups excluding carboxylic acids is 1. The van der Waals surface area contributed by atoms with Gasteiger partial charge in [-0.25, -0.2) is 12.8 Å². The largest absolute Gasteiger partial charge is 0.511 e. The SMILES string of the molecule is O=C1C(C2=NS(=O)(=O)c3cc(C4CCCS4(=O)=O)ccc3N2)=C(O)C2C([C@H]3CC[C@@H]2C3)N1Cc1ccc(F)cc1. The standard InChI is InChI=1S/C28H28FN3O6S2/c29-19-8-3-15(4-9-19)14-32-25-18-6-5-17(12-18)23(25)26(33)24(28(32)34)27-30-20-10-7-16(13-22(20)40(37,38)31-27)21-2-1-11-39(21,35)36/h3-4,7-10,13,17-18,21,23,25,33H,1-2,5-6,11-12,14H2,(H,30,31)/t17-,18+,21?,23?,25?/m1/s1. The Labute approximate surface area is 231 Å². The third-order valence-electron chi connectivity index (χ3n) is 9.23. The molecule has 2 aromatic rings. The van der Waals surface area contributed by atoms with Crippen molar-refractivity contribution in [1.82, 2.24) is 4.90 Å². The van der Waals surface area contributed by atoms with E-state index in [4.69, 9.17) is 0 Å². The first kappa shape index (κ1) is 25.7. The van der Waals surface area contributed by atoms with Gasteiger partial charge < -0.3 is 15.3 Å². The lowest BCUT2D eigenvalue weighted by Gasteiger charge is -2.44. The number of hydrogen-bond acceptors (Lipinski definition) is 7. The van der Waals surface area contributed by atoms with Crippen molar-refractivity contribution < 1.29 is 31.1 Å². The van der Waals surface area contributed by atoms with Gasteiger partial charge in [-0.15, -0.1) is 4.40 Å². The number of rotatable bonds is 4. The lowest BCUT2D eigenvalue weighted by molar-refractivity contribution is -0.134. The lowest BCUT2D eigenvalue weighted by Crippen LogP contribution is -2.53. The highest BCUT2D eigenvalue weighted by atomic mass is 32.2. The fourth-order valence-electron chi connectivity index (χ4n) is 7.49. The summed E-state index contributed by atoms with van der Waals surface area (Å²) in [5.41, 5.74) is 1.11. The second kappa shape index (κ2) is 8.87. The van der Waals surface area contributed by atoms with Crippen molar-refractivity contribution in [3.05, 3.63) is 70.7 Å². The highest BCUT2D eigenvalue weighted by Crippen LogP contribution is 2.55. The number of aliphatic hydroxyl groups is 1. The van der Waals surface area contributed by atoms with Gasteiger partial charge in [-0.2, -0.15) is 8.42 Å². The van der Waals surface area contributed by atoms with Crippen molar-refractivity contribution in [3.63, 3.8) is 0 Å². The molecule has 2 bridgehead atoms. The van der Waals surface area contributed by atoms with Crippen molar-refractivity contribution in [1.29, 1.82) is 0 Å². The molecule has 7 rings (SSSR count). The number of nitrogens with zero attached hydrogens (tertiary/aromatic N) is 2. The van der Waals surface area contributed by atoms with Crippen molar-refractivity contribution in [3.8, 4) is 0 Å². The minimum absolute atomic E-state index is 0.0655. The second-order valence-electron chi connectivity index (χ2n) is 11.5. The smallest absolute Gasteiger partial charge is 0.286 e. The molecule has 0 radical (unpaired) electrons. The zero-order valence-corrected chi connectivity index (χ0v) is 23.1. The lowest BCUT2D eigenvalue weighted by atomic mass is 9.77. The second-order valence-corrected chi connectivity index (χ2v) is 15.3. The van der Waals surface area contributed by atoms with Crippen molar-refractivity contribution in [2.45, 2.75) is 54.8 Å². The molecule has 3 aliphatic heterocycles. The van der Waals surface area contributed by atoms with Crippen LogP contribution in [0.3, 0.4) is 0 Å². The average Bonchev–Trinajstić information content (AvgIpc) is 3.62. The van der Waals surface area contributed by atoms with Gasteiger partial charge in [0, 0.05) is 18.5 Å². The van der Waals surface area contributed by atoms with Gasteiger partial charge in [0.1, 0.15) is 22.0 Å². The Balaban J connectivity index is 1.28. The van der Waals surface area contributed by atoms with Gasteiger partial charge in [0.2, 0.25) is 0 Å². The van der Waals surface area contributed by atoms with E-state index in [2.05, 4.69) is 9.71 Å². The number of carbonyl (C=O) groups is 1. The summed E-state index contributed by atoms with van der Waals surface area (Å²) < 4.78 is 69.2. The maximum atomic E-state index is 14.0. The predicted molar refractivity (Wildman–Crippen MR) is 145 cm³/mol. The number of benzene rings is 2. The molecule has 2 aliphatic carbocycles. The topological polar surface area (TPSA) is 133 Å². The van der Waals surface area contributed by atoms with Crippen LogP contribution < -0.4 is 5.32 Å². The van der Waals surface area contributed by atoms with E-state index in [-0.39, 0.29) is 69.7 Å². The molecule has 2 saturated carbocycles. The van der Waals surface area contributed by atoms with Gasteiger partial charge in [-0.1, -0.05) is 18.2 Å². The molecule has 3 fully saturated rings. The van der Waals surface area contributed by atoms with Crippen LogP contribution >= 0.6 is 0 Å².